The molecule has 2 aliphatic rings. The molecule has 1 aromatic rings. The monoisotopic (exact) mass is 326 g/mol. The molecule has 1 saturated heterocycles. The van der Waals surface area contributed by atoms with Crippen LogP contribution in [0.15, 0.2) is 34.8 Å². The summed E-state index contributed by atoms with van der Waals surface area (Å²) >= 11 is 12.1. The zero-order valence-electron chi connectivity index (χ0n) is 12.1. The van der Waals surface area contributed by atoms with E-state index in [4.69, 9.17) is 33.0 Å². The first-order chi connectivity index (χ1) is 10.0. The van der Waals surface area contributed by atoms with Crippen LogP contribution in [-0.4, -0.2) is 37.0 Å². The molecule has 112 valence electrons. The zero-order valence-corrected chi connectivity index (χ0v) is 13.6. The number of hydrogen-bond acceptors (Lipinski definition) is 3. The molecule has 0 aromatic heterocycles. The molecule has 1 N–H and O–H groups in total. The maximum Gasteiger partial charge on any atom is 0.214 e. The number of quaternary nitrogens is 1. The highest BCUT2D eigenvalue weighted by molar-refractivity contribution is 6.34. The van der Waals surface area contributed by atoms with Crippen molar-refractivity contribution in [1.29, 1.82) is 0 Å². The smallest absolute Gasteiger partial charge is 0.214 e. The number of hydrogen-bond donors (Lipinski definition) is 1. The molecule has 1 unspecified atom stereocenters. The van der Waals surface area contributed by atoms with Crippen molar-refractivity contribution in [2.75, 3.05) is 26.7 Å². The van der Waals surface area contributed by atoms with Gasteiger partial charge in [-0.25, -0.2) is 0 Å². The lowest BCUT2D eigenvalue weighted by atomic mass is 10.2. The molecule has 0 bridgehead atoms. The fourth-order valence-electron chi connectivity index (χ4n) is 2.75. The van der Waals surface area contributed by atoms with Gasteiger partial charge in [-0.05, 0) is 24.6 Å². The van der Waals surface area contributed by atoms with E-state index >= 15 is 0 Å². The minimum Gasteiger partial charge on any atom is -0.449 e. The van der Waals surface area contributed by atoms with Gasteiger partial charge in [0.15, 0.2) is 5.70 Å². The van der Waals surface area contributed by atoms with Crippen LogP contribution >= 0.6 is 23.2 Å². The summed E-state index contributed by atoms with van der Waals surface area (Å²) in [6, 6.07) is 5.24. The Morgan fingerprint density at radius 2 is 2.00 bits per heavy atom. The number of ether oxygens (including phenoxy) is 1. The summed E-state index contributed by atoms with van der Waals surface area (Å²) in [6.07, 6.45) is 0.834. The summed E-state index contributed by atoms with van der Waals surface area (Å²) in [5, 5.41) is 9.35. The first-order valence-corrected chi connectivity index (χ1v) is 7.81. The Hall–Kier alpha value is -1.07. The van der Waals surface area contributed by atoms with Gasteiger partial charge in [-0.15, -0.1) is 0 Å². The van der Waals surface area contributed by atoms with Crippen molar-refractivity contribution in [2.45, 2.75) is 13.3 Å². The van der Waals surface area contributed by atoms with E-state index in [9.17, 15) is 0 Å². The number of likely N-dealkylation sites (N-methyl/N-ethyl adjacent to an activating group) is 1. The summed E-state index contributed by atoms with van der Waals surface area (Å²) in [7, 11) is 2.12. The molecule has 0 saturated carbocycles. The fraction of sp³-hybridized carbons (Fsp3) is 0.400. The zero-order chi connectivity index (χ0) is 15.0. The average Bonchev–Trinajstić information content (AvgIpc) is 2.70. The van der Waals surface area contributed by atoms with Crippen LogP contribution in [0.2, 0.25) is 10.0 Å². The molecular formula is C15H18Cl2N3O+. The highest BCUT2D eigenvalue weighted by Gasteiger charge is 2.42. The topological polar surface area (TPSA) is 33.6 Å². The van der Waals surface area contributed by atoms with Crippen LogP contribution < -0.4 is 10.1 Å². The number of benzene rings is 1. The number of fused-ring (bicyclic) bond motifs is 1. The van der Waals surface area contributed by atoms with Crippen molar-refractivity contribution in [3.05, 3.63) is 39.7 Å². The van der Waals surface area contributed by atoms with Crippen LogP contribution in [0.1, 0.15) is 13.3 Å². The molecule has 0 spiro atoms. The standard InChI is InChI=1S/C15H18Cl2N3O/c1-3-13-15(14-9-18-4-5-20(14,2)19-13)21-12-7-10(16)6-11(17)8-12/h6-8,18H,3-5,9H2,1-2H3/q+1. The van der Waals surface area contributed by atoms with Gasteiger partial charge in [-0.3, -0.25) is 0 Å². The molecule has 6 heteroatoms. The largest absolute Gasteiger partial charge is 0.449 e. The van der Waals surface area contributed by atoms with Gasteiger partial charge < -0.3 is 10.1 Å². The Bertz CT molecular complexity index is 622. The number of halogens is 2. The van der Waals surface area contributed by atoms with E-state index < -0.39 is 0 Å². The summed E-state index contributed by atoms with van der Waals surface area (Å²) in [4.78, 5) is 0. The Morgan fingerprint density at radius 1 is 1.29 bits per heavy atom. The quantitative estimate of drug-likeness (QED) is 0.863. The van der Waals surface area contributed by atoms with E-state index in [0.29, 0.717) is 20.4 Å². The molecule has 2 heterocycles. The number of nitrogens with one attached hydrogen (secondary N) is 1. The molecule has 0 radical (unpaired) electrons. The van der Waals surface area contributed by atoms with Gasteiger partial charge >= 0.3 is 0 Å². The maximum atomic E-state index is 6.10. The Labute approximate surface area is 134 Å². The van der Waals surface area contributed by atoms with Crippen molar-refractivity contribution in [1.82, 2.24) is 5.32 Å². The van der Waals surface area contributed by atoms with Gasteiger partial charge in [0.1, 0.15) is 18.0 Å². The summed E-state index contributed by atoms with van der Waals surface area (Å²) in [5.74, 6) is 1.50. The van der Waals surface area contributed by atoms with E-state index in [1.54, 1.807) is 18.2 Å². The van der Waals surface area contributed by atoms with Crippen LogP contribution in [0, 0.1) is 0 Å². The SMILES string of the molecule is CCC1=N[N+]2(C)CCNCC2=C1Oc1cc(Cl)cc(Cl)c1. The predicted octanol–water partition coefficient (Wildman–Crippen LogP) is 3.41. The molecule has 2 aliphatic heterocycles. The van der Waals surface area contributed by atoms with E-state index in [2.05, 4.69) is 19.3 Å². The minimum absolute atomic E-state index is 0.565. The first kappa shape index (κ1) is 14.9. The lowest BCUT2D eigenvalue weighted by Crippen LogP contribution is -2.49. The number of allylic oxidation sites excluding steroid dienone is 1. The van der Waals surface area contributed by atoms with E-state index in [0.717, 1.165) is 43.2 Å². The Balaban J connectivity index is 1.99. The van der Waals surface area contributed by atoms with Crippen LogP contribution in [0.25, 0.3) is 0 Å². The molecule has 4 nitrogen and oxygen atoms in total. The molecular weight excluding hydrogens is 309 g/mol. The molecule has 21 heavy (non-hydrogen) atoms. The summed E-state index contributed by atoms with van der Waals surface area (Å²) < 4.78 is 6.68. The van der Waals surface area contributed by atoms with Crippen LogP contribution in [-0.2, 0) is 0 Å². The lowest BCUT2D eigenvalue weighted by Gasteiger charge is -2.30. The molecule has 0 aliphatic carbocycles. The van der Waals surface area contributed by atoms with Gasteiger partial charge in [-0.1, -0.05) is 35.2 Å². The summed E-state index contributed by atoms with van der Waals surface area (Å²) in [5.41, 5.74) is 2.15. The van der Waals surface area contributed by atoms with E-state index in [1.165, 1.54) is 0 Å². The fourth-order valence-corrected chi connectivity index (χ4v) is 3.26. The highest BCUT2D eigenvalue weighted by Crippen LogP contribution is 2.33. The predicted molar refractivity (Wildman–Crippen MR) is 85.8 cm³/mol. The Kier molecular flexibility index (Phi) is 3.97. The molecule has 0 amide bonds. The van der Waals surface area contributed by atoms with Crippen LogP contribution in [0.3, 0.4) is 0 Å². The minimum atomic E-state index is 0.565. The number of piperazine rings is 1. The van der Waals surface area contributed by atoms with E-state index in [-0.39, 0.29) is 0 Å². The second kappa shape index (κ2) is 5.61. The first-order valence-electron chi connectivity index (χ1n) is 7.05. The van der Waals surface area contributed by atoms with Gasteiger partial charge in [0, 0.05) is 16.6 Å². The number of nitrogens with zero attached hydrogens (tertiary/aromatic N) is 2. The van der Waals surface area contributed by atoms with Gasteiger partial charge in [-0.2, -0.15) is 4.59 Å². The molecule has 1 atom stereocenters. The summed E-state index contributed by atoms with van der Waals surface area (Å²) in [6.45, 7) is 4.76. The number of rotatable bonds is 3. The Morgan fingerprint density at radius 3 is 2.67 bits per heavy atom. The molecule has 1 fully saturated rings. The van der Waals surface area contributed by atoms with E-state index in [1.807, 2.05) is 0 Å². The highest BCUT2D eigenvalue weighted by atomic mass is 35.5. The van der Waals surface area contributed by atoms with Crippen LogP contribution in [0.5, 0.6) is 5.75 Å². The van der Waals surface area contributed by atoms with Crippen molar-refractivity contribution in [2.24, 2.45) is 5.10 Å². The molecule has 3 rings (SSSR count). The van der Waals surface area contributed by atoms with Crippen molar-refractivity contribution >= 4 is 28.9 Å². The van der Waals surface area contributed by atoms with Gasteiger partial charge in [0.2, 0.25) is 5.76 Å². The third-order valence-corrected chi connectivity index (χ3v) is 4.29. The van der Waals surface area contributed by atoms with Crippen molar-refractivity contribution in [3.8, 4) is 5.75 Å². The molecule has 1 aromatic carbocycles. The van der Waals surface area contributed by atoms with Gasteiger partial charge in [0.25, 0.3) is 0 Å². The van der Waals surface area contributed by atoms with Crippen LogP contribution in [0.4, 0.5) is 0 Å². The average molecular weight is 327 g/mol. The lowest BCUT2D eigenvalue weighted by molar-refractivity contribution is -0.879. The normalized spacial score (nSPS) is 24.9. The van der Waals surface area contributed by atoms with Crippen molar-refractivity contribution < 1.29 is 9.33 Å². The van der Waals surface area contributed by atoms with Gasteiger partial charge in [0.05, 0.1) is 13.6 Å². The van der Waals surface area contributed by atoms with Crippen molar-refractivity contribution in [3.63, 3.8) is 0 Å². The maximum absolute atomic E-state index is 6.10. The second-order valence-corrected chi connectivity index (χ2v) is 6.30. The third kappa shape index (κ3) is 2.81. The second-order valence-electron chi connectivity index (χ2n) is 5.42. The third-order valence-electron chi connectivity index (χ3n) is 3.85.